The van der Waals surface area contributed by atoms with Gasteiger partial charge in [-0.25, -0.2) is 0 Å². The quantitative estimate of drug-likeness (QED) is 0.599. The zero-order valence-corrected chi connectivity index (χ0v) is 12.0. The number of rotatable bonds is 6. The van der Waals surface area contributed by atoms with E-state index in [1.54, 1.807) is 7.11 Å². The molecular formula is C14H25N3O. The molecule has 0 radical (unpaired) electrons. The van der Waals surface area contributed by atoms with Crippen molar-refractivity contribution in [2.24, 2.45) is 5.84 Å². The number of hydrogen-bond acceptors (Lipinski definition) is 4. The molecule has 4 nitrogen and oxygen atoms in total. The summed E-state index contributed by atoms with van der Waals surface area (Å²) in [4.78, 5) is 2.20. The van der Waals surface area contributed by atoms with E-state index in [-0.39, 0.29) is 11.6 Å². The van der Waals surface area contributed by atoms with Crippen LogP contribution in [0.2, 0.25) is 0 Å². The second-order valence-corrected chi connectivity index (χ2v) is 4.95. The van der Waals surface area contributed by atoms with Crippen LogP contribution in [0.15, 0.2) is 24.3 Å². The van der Waals surface area contributed by atoms with Crippen molar-refractivity contribution in [3.8, 4) is 5.75 Å². The van der Waals surface area contributed by atoms with Gasteiger partial charge in [-0.2, -0.15) is 0 Å². The van der Waals surface area contributed by atoms with Crippen molar-refractivity contribution in [2.45, 2.75) is 31.8 Å². The van der Waals surface area contributed by atoms with Crippen LogP contribution in [0.1, 0.15) is 31.9 Å². The Bertz CT molecular complexity index is 381. The van der Waals surface area contributed by atoms with E-state index in [1.165, 1.54) is 0 Å². The molecule has 1 aromatic rings. The Morgan fingerprint density at radius 3 is 2.44 bits per heavy atom. The number of benzene rings is 1. The highest BCUT2D eigenvalue weighted by Crippen LogP contribution is 2.36. The molecule has 1 aromatic carbocycles. The number of hydrazine groups is 1. The molecule has 0 saturated carbocycles. The number of nitrogens with one attached hydrogen (secondary N) is 1. The van der Waals surface area contributed by atoms with E-state index in [9.17, 15) is 0 Å². The first kappa shape index (κ1) is 15.0. The molecule has 2 unspecified atom stereocenters. The predicted molar refractivity (Wildman–Crippen MR) is 75.4 cm³/mol. The molecule has 3 N–H and O–H groups in total. The summed E-state index contributed by atoms with van der Waals surface area (Å²) in [5.74, 6) is 6.66. The number of likely N-dealkylation sites (N-methyl/N-ethyl adjacent to an activating group) is 1. The first-order valence-electron chi connectivity index (χ1n) is 6.27. The van der Waals surface area contributed by atoms with Gasteiger partial charge in [0, 0.05) is 11.1 Å². The Morgan fingerprint density at radius 1 is 1.39 bits per heavy atom. The molecule has 1 rings (SSSR count). The average molecular weight is 251 g/mol. The van der Waals surface area contributed by atoms with Crippen LogP contribution in [0.5, 0.6) is 5.75 Å². The molecule has 0 saturated heterocycles. The predicted octanol–water partition coefficient (Wildman–Crippen LogP) is 1.93. The van der Waals surface area contributed by atoms with Gasteiger partial charge in [0.05, 0.1) is 13.2 Å². The minimum atomic E-state index is -0.0800. The Balaban J connectivity index is 3.24. The lowest BCUT2D eigenvalue weighted by Gasteiger charge is -2.42. The van der Waals surface area contributed by atoms with Gasteiger partial charge in [0.1, 0.15) is 5.75 Å². The van der Waals surface area contributed by atoms with Crippen LogP contribution >= 0.6 is 0 Å². The summed E-state index contributed by atoms with van der Waals surface area (Å²) in [7, 11) is 5.83. The summed E-state index contributed by atoms with van der Waals surface area (Å²) in [5.41, 5.74) is 3.95. The van der Waals surface area contributed by atoms with E-state index in [1.807, 2.05) is 18.2 Å². The molecular weight excluding hydrogens is 226 g/mol. The molecule has 102 valence electrons. The number of ether oxygens (including phenoxy) is 1. The van der Waals surface area contributed by atoms with E-state index in [0.29, 0.717) is 0 Å². The largest absolute Gasteiger partial charge is 0.496 e. The number of methoxy groups -OCH3 is 1. The van der Waals surface area contributed by atoms with Gasteiger partial charge in [0.25, 0.3) is 0 Å². The van der Waals surface area contributed by atoms with Gasteiger partial charge in [-0.1, -0.05) is 25.1 Å². The minimum absolute atomic E-state index is 0.00801. The van der Waals surface area contributed by atoms with Crippen molar-refractivity contribution in [1.82, 2.24) is 10.3 Å². The average Bonchev–Trinajstić information content (AvgIpc) is 2.39. The van der Waals surface area contributed by atoms with Gasteiger partial charge in [-0.15, -0.1) is 0 Å². The number of nitrogens with zero attached hydrogens (tertiary/aromatic N) is 1. The third kappa shape index (κ3) is 2.66. The van der Waals surface area contributed by atoms with Crippen LogP contribution in [0.4, 0.5) is 0 Å². The Morgan fingerprint density at radius 2 is 2.00 bits per heavy atom. The molecule has 18 heavy (non-hydrogen) atoms. The fourth-order valence-corrected chi connectivity index (χ4v) is 2.29. The SMILES string of the molecule is CCC(C)(C(NN)c1ccccc1OC)N(C)C. The highest BCUT2D eigenvalue weighted by molar-refractivity contribution is 5.37. The van der Waals surface area contributed by atoms with Crippen molar-refractivity contribution in [1.29, 1.82) is 0 Å². The molecule has 0 bridgehead atoms. The smallest absolute Gasteiger partial charge is 0.123 e. The highest BCUT2D eigenvalue weighted by atomic mass is 16.5. The summed E-state index contributed by atoms with van der Waals surface area (Å²) >= 11 is 0. The van der Waals surface area contributed by atoms with Crippen LogP contribution in [0, 0.1) is 0 Å². The molecule has 0 fully saturated rings. The fourth-order valence-electron chi connectivity index (χ4n) is 2.29. The normalized spacial score (nSPS) is 16.4. The fraction of sp³-hybridized carbons (Fsp3) is 0.571. The lowest BCUT2D eigenvalue weighted by Crippen LogP contribution is -2.53. The van der Waals surface area contributed by atoms with Crippen molar-refractivity contribution >= 4 is 0 Å². The molecule has 0 aromatic heterocycles. The highest BCUT2D eigenvalue weighted by Gasteiger charge is 2.36. The van der Waals surface area contributed by atoms with Crippen LogP contribution in [-0.4, -0.2) is 31.6 Å². The Kier molecular flexibility index (Phi) is 5.14. The topological polar surface area (TPSA) is 50.5 Å². The molecule has 0 aliphatic carbocycles. The summed E-state index contributed by atoms with van der Waals surface area (Å²) in [5, 5.41) is 0. The minimum Gasteiger partial charge on any atom is -0.496 e. The third-order valence-electron chi connectivity index (χ3n) is 3.98. The maximum absolute atomic E-state index is 5.80. The monoisotopic (exact) mass is 251 g/mol. The van der Waals surface area contributed by atoms with Crippen LogP contribution in [0.25, 0.3) is 0 Å². The summed E-state index contributed by atoms with van der Waals surface area (Å²) in [6.07, 6.45) is 0.979. The Hall–Kier alpha value is -1.10. The maximum Gasteiger partial charge on any atom is 0.123 e. The summed E-state index contributed by atoms with van der Waals surface area (Å²) < 4.78 is 5.43. The van der Waals surface area contributed by atoms with Gasteiger partial charge < -0.3 is 9.64 Å². The van der Waals surface area contributed by atoms with Crippen molar-refractivity contribution < 1.29 is 4.74 Å². The first-order valence-corrected chi connectivity index (χ1v) is 6.27. The van der Waals surface area contributed by atoms with E-state index < -0.39 is 0 Å². The molecule has 0 amide bonds. The molecule has 0 spiro atoms. The number of hydrogen-bond donors (Lipinski definition) is 2. The Labute approximate surface area is 110 Å². The number of para-hydroxylation sites is 1. The zero-order valence-electron chi connectivity index (χ0n) is 12.0. The van der Waals surface area contributed by atoms with E-state index in [0.717, 1.165) is 17.7 Å². The molecule has 4 heteroatoms. The summed E-state index contributed by atoms with van der Waals surface area (Å²) in [6.45, 7) is 4.36. The van der Waals surface area contributed by atoms with E-state index in [4.69, 9.17) is 10.6 Å². The molecule has 2 atom stereocenters. The lowest BCUT2D eigenvalue weighted by atomic mass is 9.83. The van der Waals surface area contributed by atoms with Crippen LogP contribution in [-0.2, 0) is 0 Å². The van der Waals surface area contributed by atoms with E-state index >= 15 is 0 Å². The van der Waals surface area contributed by atoms with Gasteiger partial charge in [0.2, 0.25) is 0 Å². The van der Waals surface area contributed by atoms with Gasteiger partial charge >= 0.3 is 0 Å². The van der Waals surface area contributed by atoms with Crippen LogP contribution in [0.3, 0.4) is 0 Å². The molecule has 0 heterocycles. The van der Waals surface area contributed by atoms with E-state index in [2.05, 4.69) is 44.3 Å². The van der Waals surface area contributed by atoms with Gasteiger partial charge in [0.15, 0.2) is 0 Å². The lowest BCUT2D eigenvalue weighted by molar-refractivity contribution is 0.111. The first-order chi connectivity index (χ1) is 8.51. The van der Waals surface area contributed by atoms with Crippen molar-refractivity contribution in [2.75, 3.05) is 21.2 Å². The van der Waals surface area contributed by atoms with Gasteiger partial charge in [-0.3, -0.25) is 11.3 Å². The molecule has 0 aliphatic rings. The number of nitrogens with two attached hydrogens (primary N) is 1. The van der Waals surface area contributed by atoms with Gasteiger partial charge in [-0.05, 0) is 33.5 Å². The van der Waals surface area contributed by atoms with Crippen molar-refractivity contribution in [3.63, 3.8) is 0 Å². The summed E-state index contributed by atoms with van der Waals surface area (Å²) in [6, 6.07) is 8.00. The van der Waals surface area contributed by atoms with Crippen LogP contribution < -0.4 is 16.0 Å². The molecule has 0 aliphatic heterocycles. The second kappa shape index (κ2) is 6.18. The standard InChI is InChI=1S/C14H25N3O/c1-6-14(2,17(3)4)13(16-15)11-9-7-8-10-12(11)18-5/h7-10,13,16H,6,15H2,1-5H3. The maximum atomic E-state index is 5.80. The second-order valence-electron chi connectivity index (χ2n) is 4.95. The third-order valence-corrected chi connectivity index (χ3v) is 3.98. The zero-order chi connectivity index (χ0) is 13.8. The van der Waals surface area contributed by atoms with Crippen molar-refractivity contribution in [3.05, 3.63) is 29.8 Å².